The third-order valence-electron chi connectivity index (χ3n) is 2.83. The van der Waals surface area contributed by atoms with Gasteiger partial charge < -0.3 is 0 Å². The van der Waals surface area contributed by atoms with Crippen LogP contribution in [0.4, 0.5) is 0 Å². The highest BCUT2D eigenvalue weighted by Crippen LogP contribution is 2.19. The Hall–Kier alpha value is -1.51. The van der Waals surface area contributed by atoms with Crippen LogP contribution in [0, 0.1) is 0 Å². The lowest BCUT2D eigenvalue weighted by Gasteiger charge is -2.04. The van der Waals surface area contributed by atoms with Crippen LogP contribution >= 0.6 is 23.2 Å². The van der Waals surface area contributed by atoms with Gasteiger partial charge >= 0.3 is 0 Å². The van der Waals surface area contributed by atoms with Crippen molar-refractivity contribution in [2.45, 2.75) is 6.42 Å². The lowest BCUT2D eigenvalue weighted by atomic mass is 10.1. The van der Waals surface area contributed by atoms with Crippen LogP contribution in [0.25, 0.3) is 5.52 Å². The number of fused-ring (bicyclic) bond motifs is 1. The maximum absolute atomic E-state index is 6.20. The van der Waals surface area contributed by atoms with E-state index in [9.17, 15) is 0 Å². The van der Waals surface area contributed by atoms with E-state index in [1.807, 2.05) is 53.1 Å². The first-order valence-electron chi connectivity index (χ1n) is 5.59. The normalized spacial score (nSPS) is 11.0. The maximum Gasteiger partial charge on any atom is 0.118 e. The fourth-order valence-electron chi connectivity index (χ4n) is 2.02. The van der Waals surface area contributed by atoms with Crippen molar-refractivity contribution in [3.8, 4) is 0 Å². The molecule has 0 spiro atoms. The van der Waals surface area contributed by atoms with Crippen LogP contribution in [0.1, 0.15) is 11.4 Å². The number of hydrogen-bond acceptors (Lipinski definition) is 1. The highest BCUT2D eigenvalue weighted by molar-refractivity contribution is 6.30. The first-order valence-corrected chi connectivity index (χ1v) is 6.35. The minimum atomic E-state index is 0.669. The largest absolute Gasteiger partial charge is 0.287 e. The predicted molar refractivity (Wildman–Crippen MR) is 74.5 cm³/mol. The Morgan fingerprint density at radius 3 is 2.72 bits per heavy atom. The van der Waals surface area contributed by atoms with Crippen LogP contribution in [-0.4, -0.2) is 9.38 Å². The topological polar surface area (TPSA) is 17.3 Å². The Morgan fingerprint density at radius 1 is 1.06 bits per heavy atom. The highest BCUT2D eigenvalue weighted by atomic mass is 35.5. The smallest absolute Gasteiger partial charge is 0.118 e. The molecule has 0 unspecified atom stereocenters. The monoisotopic (exact) mass is 276 g/mol. The molecule has 2 nitrogen and oxygen atoms in total. The molecule has 4 heteroatoms. The zero-order valence-electron chi connectivity index (χ0n) is 9.48. The van der Waals surface area contributed by atoms with Gasteiger partial charge in [-0.05, 0) is 29.8 Å². The minimum Gasteiger partial charge on any atom is -0.287 e. The molecule has 3 rings (SSSR count). The molecule has 0 atom stereocenters. The fraction of sp³-hybridized carbons (Fsp3) is 0.0714. The molecule has 0 aliphatic heterocycles. The van der Waals surface area contributed by atoms with Gasteiger partial charge in [0.2, 0.25) is 0 Å². The van der Waals surface area contributed by atoms with Gasteiger partial charge in [-0.1, -0.05) is 41.4 Å². The average Bonchev–Trinajstić information content (AvgIpc) is 2.74. The lowest BCUT2D eigenvalue weighted by molar-refractivity contribution is 0.962. The molecule has 1 aromatic carbocycles. The van der Waals surface area contributed by atoms with Crippen molar-refractivity contribution in [2.24, 2.45) is 0 Å². The van der Waals surface area contributed by atoms with Gasteiger partial charge in [-0.2, -0.15) is 0 Å². The van der Waals surface area contributed by atoms with Crippen molar-refractivity contribution in [3.63, 3.8) is 0 Å². The molecule has 0 radical (unpaired) electrons. The average molecular weight is 277 g/mol. The molecule has 0 aliphatic rings. The number of nitrogens with zero attached hydrogens (tertiary/aromatic N) is 2. The first kappa shape index (κ1) is 11.6. The lowest BCUT2D eigenvalue weighted by Crippen LogP contribution is -1.97. The maximum atomic E-state index is 6.20. The second kappa shape index (κ2) is 4.63. The fourth-order valence-corrected chi connectivity index (χ4v) is 2.50. The van der Waals surface area contributed by atoms with Crippen molar-refractivity contribution in [2.75, 3.05) is 0 Å². The summed E-state index contributed by atoms with van der Waals surface area (Å²) in [4.78, 5) is 4.42. The zero-order valence-corrected chi connectivity index (χ0v) is 11.0. The van der Waals surface area contributed by atoms with Crippen molar-refractivity contribution < 1.29 is 0 Å². The third kappa shape index (κ3) is 2.09. The van der Waals surface area contributed by atoms with E-state index < -0.39 is 0 Å². The van der Waals surface area contributed by atoms with Gasteiger partial charge in [0, 0.05) is 11.4 Å². The van der Waals surface area contributed by atoms with Gasteiger partial charge in [0.05, 0.1) is 11.7 Å². The Kier molecular flexibility index (Phi) is 2.98. The number of hydrogen-bond donors (Lipinski definition) is 0. The molecule has 2 heterocycles. The molecule has 18 heavy (non-hydrogen) atoms. The zero-order chi connectivity index (χ0) is 12.5. The van der Waals surface area contributed by atoms with Crippen molar-refractivity contribution in [3.05, 3.63) is 70.2 Å². The van der Waals surface area contributed by atoms with Gasteiger partial charge in [-0.15, -0.1) is 0 Å². The molecule has 0 saturated carbocycles. The molecule has 0 N–H and O–H groups in total. The van der Waals surface area contributed by atoms with Crippen LogP contribution in [0.5, 0.6) is 0 Å². The van der Waals surface area contributed by atoms with E-state index in [2.05, 4.69) is 4.98 Å². The molecule has 0 amide bonds. The van der Waals surface area contributed by atoms with Crippen molar-refractivity contribution >= 4 is 28.7 Å². The molecular weight excluding hydrogens is 267 g/mol. The summed E-state index contributed by atoms with van der Waals surface area (Å²) < 4.78 is 1.95. The van der Waals surface area contributed by atoms with Crippen molar-refractivity contribution in [1.82, 2.24) is 9.38 Å². The van der Waals surface area contributed by atoms with Crippen LogP contribution in [-0.2, 0) is 6.42 Å². The second-order valence-electron chi connectivity index (χ2n) is 4.09. The van der Waals surface area contributed by atoms with E-state index in [1.165, 1.54) is 0 Å². The van der Waals surface area contributed by atoms with Crippen molar-refractivity contribution in [1.29, 1.82) is 0 Å². The summed E-state index contributed by atoms with van der Waals surface area (Å²) >= 11 is 12.2. The number of aromatic nitrogens is 2. The summed E-state index contributed by atoms with van der Waals surface area (Å²) in [5, 5.41) is 1.40. The molecule has 0 bridgehead atoms. The predicted octanol–water partition coefficient (Wildman–Crippen LogP) is 4.23. The van der Waals surface area contributed by atoms with Gasteiger partial charge in [-0.3, -0.25) is 4.40 Å². The minimum absolute atomic E-state index is 0.669. The molecule has 0 aliphatic carbocycles. The van der Waals surface area contributed by atoms with Crippen LogP contribution < -0.4 is 0 Å². The van der Waals surface area contributed by atoms with E-state index in [1.54, 1.807) is 0 Å². The molecule has 0 fully saturated rings. The van der Waals surface area contributed by atoms with E-state index in [0.717, 1.165) is 21.9 Å². The number of pyridine rings is 1. The molecular formula is C14H10Cl2N2. The van der Waals surface area contributed by atoms with E-state index in [0.29, 0.717) is 11.6 Å². The first-order chi connectivity index (χ1) is 8.74. The second-order valence-corrected chi connectivity index (χ2v) is 4.91. The number of benzene rings is 1. The molecule has 90 valence electrons. The summed E-state index contributed by atoms with van der Waals surface area (Å²) in [5.41, 5.74) is 2.12. The van der Waals surface area contributed by atoms with Crippen LogP contribution in [0.2, 0.25) is 10.2 Å². The van der Waals surface area contributed by atoms with E-state index in [4.69, 9.17) is 23.2 Å². The van der Waals surface area contributed by atoms with Gasteiger partial charge in [0.15, 0.2) is 0 Å². The Bertz CT molecular complexity index is 704. The van der Waals surface area contributed by atoms with Gasteiger partial charge in [-0.25, -0.2) is 4.98 Å². The van der Waals surface area contributed by atoms with Crippen LogP contribution in [0.3, 0.4) is 0 Å². The van der Waals surface area contributed by atoms with E-state index in [-0.39, 0.29) is 0 Å². The number of rotatable bonds is 2. The molecule has 0 saturated heterocycles. The Labute approximate surface area is 115 Å². The van der Waals surface area contributed by atoms with Gasteiger partial charge in [0.1, 0.15) is 11.0 Å². The standard InChI is InChI=1S/C14H10Cl2N2/c15-11-4-1-3-10(7-11)8-14-17-9-12-5-2-6-13(16)18(12)14/h1-7,9H,8H2. The summed E-state index contributed by atoms with van der Waals surface area (Å²) in [7, 11) is 0. The summed E-state index contributed by atoms with van der Waals surface area (Å²) in [5.74, 6) is 0.915. The van der Waals surface area contributed by atoms with Gasteiger partial charge in [0.25, 0.3) is 0 Å². The highest BCUT2D eigenvalue weighted by Gasteiger charge is 2.07. The Balaban J connectivity index is 2.05. The molecule has 3 aromatic rings. The summed E-state index contributed by atoms with van der Waals surface area (Å²) in [6.45, 7) is 0. The van der Waals surface area contributed by atoms with Crippen LogP contribution in [0.15, 0.2) is 48.7 Å². The molecule has 2 aromatic heterocycles. The SMILES string of the molecule is Clc1cccc(Cc2ncc3cccc(Cl)n23)c1. The third-order valence-corrected chi connectivity index (χ3v) is 3.36. The number of imidazole rings is 1. The summed E-state index contributed by atoms with van der Waals surface area (Å²) in [6, 6.07) is 13.5. The Morgan fingerprint density at radius 2 is 1.89 bits per heavy atom. The summed E-state index contributed by atoms with van der Waals surface area (Å²) in [6.07, 6.45) is 2.53. The van der Waals surface area contributed by atoms with E-state index >= 15 is 0 Å². The number of halogens is 2. The quantitative estimate of drug-likeness (QED) is 0.641.